The van der Waals surface area contributed by atoms with Crippen LogP contribution in [0.4, 0.5) is 11.4 Å². The number of nitrogens with one attached hydrogen (secondary N) is 1. The molecule has 1 N–H and O–H groups in total. The van der Waals surface area contributed by atoms with E-state index < -0.39 is 0 Å². The Morgan fingerprint density at radius 2 is 2.04 bits per heavy atom. The number of hydrogen-bond donors (Lipinski definition) is 1. The number of para-hydroxylation sites is 1. The van der Waals surface area contributed by atoms with Gasteiger partial charge in [0.1, 0.15) is 11.5 Å². The molecule has 0 atom stereocenters. The van der Waals surface area contributed by atoms with Crippen molar-refractivity contribution in [2.75, 3.05) is 30.0 Å². The molecule has 2 aromatic rings. The highest BCUT2D eigenvalue weighted by Gasteiger charge is 2.25. The van der Waals surface area contributed by atoms with E-state index in [4.69, 9.17) is 9.47 Å². The average Bonchev–Trinajstić information content (AvgIpc) is 2.65. The van der Waals surface area contributed by atoms with Crippen LogP contribution in [-0.2, 0) is 9.59 Å². The van der Waals surface area contributed by atoms with Gasteiger partial charge in [0, 0.05) is 18.3 Å². The molecule has 0 bridgehead atoms. The number of hydrogen-bond acceptors (Lipinski definition) is 4. The monoisotopic (exact) mass is 366 g/mol. The third-order valence-electron chi connectivity index (χ3n) is 3.96. The van der Waals surface area contributed by atoms with Crippen LogP contribution in [0.3, 0.4) is 0 Å². The van der Waals surface area contributed by atoms with Crippen LogP contribution in [0.1, 0.15) is 13.3 Å². The molecular weight excluding hydrogens is 344 g/mol. The molecule has 0 radical (unpaired) electrons. The SMILES string of the molecule is C=C(C)CN1C(=O)COc2cc(NC(=O)CCOc3ccccc3)ccc21. The van der Waals surface area contributed by atoms with Crippen LogP contribution in [0.5, 0.6) is 11.5 Å². The van der Waals surface area contributed by atoms with Gasteiger partial charge < -0.3 is 19.7 Å². The molecule has 27 heavy (non-hydrogen) atoms. The van der Waals surface area contributed by atoms with Crippen LogP contribution in [0, 0.1) is 0 Å². The fourth-order valence-corrected chi connectivity index (χ4v) is 2.73. The van der Waals surface area contributed by atoms with Crippen molar-refractivity contribution >= 4 is 23.2 Å². The van der Waals surface area contributed by atoms with E-state index in [9.17, 15) is 9.59 Å². The number of ether oxygens (including phenoxy) is 2. The van der Waals surface area contributed by atoms with Gasteiger partial charge in [0.25, 0.3) is 5.91 Å². The lowest BCUT2D eigenvalue weighted by molar-refractivity contribution is -0.121. The number of carbonyl (C=O) groups excluding carboxylic acids is 2. The van der Waals surface area contributed by atoms with Crippen LogP contribution in [0.25, 0.3) is 0 Å². The topological polar surface area (TPSA) is 67.9 Å². The van der Waals surface area contributed by atoms with E-state index in [-0.39, 0.29) is 31.4 Å². The second-order valence-electron chi connectivity index (χ2n) is 6.37. The quantitative estimate of drug-likeness (QED) is 0.763. The summed E-state index contributed by atoms with van der Waals surface area (Å²) in [6, 6.07) is 14.6. The predicted octanol–water partition coefficient (Wildman–Crippen LogP) is 3.40. The van der Waals surface area contributed by atoms with Crippen LogP contribution in [-0.4, -0.2) is 31.6 Å². The summed E-state index contributed by atoms with van der Waals surface area (Å²) in [5.41, 5.74) is 2.18. The Morgan fingerprint density at radius 1 is 1.26 bits per heavy atom. The third kappa shape index (κ3) is 4.88. The van der Waals surface area contributed by atoms with Gasteiger partial charge in [0.2, 0.25) is 5.91 Å². The number of amides is 2. The standard InChI is InChI=1S/C21H22N2O4/c1-15(2)13-23-18-9-8-16(12-19(18)27-14-21(23)25)22-20(24)10-11-26-17-6-4-3-5-7-17/h3-9,12H,1,10-11,13-14H2,2H3,(H,22,24). The first-order valence-electron chi connectivity index (χ1n) is 8.72. The lowest BCUT2D eigenvalue weighted by Gasteiger charge is -2.29. The Morgan fingerprint density at radius 3 is 2.78 bits per heavy atom. The van der Waals surface area contributed by atoms with Gasteiger partial charge in [-0.15, -0.1) is 0 Å². The molecule has 1 aliphatic heterocycles. The number of nitrogens with zero attached hydrogens (tertiary/aromatic N) is 1. The zero-order chi connectivity index (χ0) is 19.2. The molecule has 0 saturated heterocycles. The molecule has 0 aromatic heterocycles. The summed E-state index contributed by atoms with van der Waals surface area (Å²) in [5.74, 6) is 1.03. The first-order valence-corrected chi connectivity index (χ1v) is 8.72. The number of fused-ring (bicyclic) bond motifs is 1. The van der Waals surface area contributed by atoms with Crippen molar-refractivity contribution in [2.45, 2.75) is 13.3 Å². The van der Waals surface area contributed by atoms with Crippen molar-refractivity contribution < 1.29 is 19.1 Å². The summed E-state index contributed by atoms with van der Waals surface area (Å²) in [6.07, 6.45) is 0.229. The largest absolute Gasteiger partial charge is 0.493 e. The average molecular weight is 366 g/mol. The summed E-state index contributed by atoms with van der Waals surface area (Å²) in [4.78, 5) is 25.8. The maximum Gasteiger partial charge on any atom is 0.265 e. The minimum Gasteiger partial charge on any atom is -0.493 e. The van der Waals surface area contributed by atoms with Crippen molar-refractivity contribution in [3.8, 4) is 11.5 Å². The van der Waals surface area contributed by atoms with Crippen molar-refractivity contribution in [3.05, 3.63) is 60.7 Å². The molecule has 1 aliphatic rings. The Bertz CT molecular complexity index is 849. The van der Waals surface area contributed by atoms with E-state index in [1.165, 1.54) is 0 Å². The highest BCUT2D eigenvalue weighted by atomic mass is 16.5. The van der Waals surface area contributed by atoms with E-state index >= 15 is 0 Å². The molecule has 6 heteroatoms. The molecule has 0 aliphatic carbocycles. The maximum atomic E-state index is 12.1. The first kappa shape index (κ1) is 18.5. The second-order valence-corrected chi connectivity index (χ2v) is 6.37. The van der Waals surface area contributed by atoms with Gasteiger partial charge in [-0.05, 0) is 31.2 Å². The van der Waals surface area contributed by atoms with Gasteiger partial charge in [-0.3, -0.25) is 9.59 Å². The lowest BCUT2D eigenvalue weighted by Crippen LogP contribution is -2.39. The van der Waals surface area contributed by atoms with E-state index in [0.717, 1.165) is 11.3 Å². The second kappa shape index (κ2) is 8.40. The van der Waals surface area contributed by atoms with E-state index in [1.807, 2.05) is 37.3 Å². The van der Waals surface area contributed by atoms with E-state index in [1.54, 1.807) is 23.1 Å². The number of rotatable bonds is 7. The summed E-state index contributed by atoms with van der Waals surface area (Å²) in [7, 11) is 0. The molecule has 0 unspecified atom stereocenters. The molecule has 2 amide bonds. The van der Waals surface area contributed by atoms with E-state index in [2.05, 4.69) is 11.9 Å². The van der Waals surface area contributed by atoms with E-state index in [0.29, 0.717) is 23.7 Å². The maximum absolute atomic E-state index is 12.1. The Hall–Kier alpha value is -3.28. The zero-order valence-electron chi connectivity index (χ0n) is 15.2. The Balaban J connectivity index is 1.59. The zero-order valence-corrected chi connectivity index (χ0v) is 15.2. The van der Waals surface area contributed by atoms with Gasteiger partial charge in [-0.2, -0.15) is 0 Å². The van der Waals surface area contributed by atoms with Crippen LogP contribution in [0.2, 0.25) is 0 Å². The molecule has 2 aromatic carbocycles. The molecule has 6 nitrogen and oxygen atoms in total. The minimum atomic E-state index is -0.156. The molecule has 3 rings (SSSR count). The normalized spacial score (nSPS) is 12.8. The van der Waals surface area contributed by atoms with Gasteiger partial charge in [-0.1, -0.05) is 30.4 Å². The summed E-state index contributed by atoms with van der Waals surface area (Å²) >= 11 is 0. The lowest BCUT2D eigenvalue weighted by atomic mass is 10.2. The van der Waals surface area contributed by atoms with Gasteiger partial charge in [0.15, 0.2) is 6.61 Å². The van der Waals surface area contributed by atoms with Gasteiger partial charge in [-0.25, -0.2) is 0 Å². The van der Waals surface area contributed by atoms with Crippen molar-refractivity contribution in [3.63, 3.8) is 0 Å². The number of anilines is 2. The summed E-state index contributed by atoms with van der Waals surface area (Å²) in [5, 5.41) is 2.83. The summed E-state index contributed by atoms with van der Waals surface area (Å²) in [6.45, 7) is 6.44. The van der Waals surface area contributed by atoms with Crippen molar-refractivity contribution in [1.82, 2.24) is 0 Å². The summed E-state index contributed by atoms with van der Waals surface area (Å²) < 4.78 is 11.0. The van der Waals surface area contributed by atoms with Crippen molar-refractivity contribution in [2.24, 2.45) is 0 Å². The minimum absolute atomic E-state index is 0.0252. The Kier molecular flexibility index (Phi) is 5.76. The smallest absolute Gasteiger partial charge is 0.265 e. The molecule has 1 heterocycles. The molecule has 0 saturated carbocycles. The Labute approximate surface area is 158 Å². The number of carbonyl (C=O) groups is 2. The van der Waals surface area contributed by atoms with Crippen molar-refractivity contribution in [1.29, 1.82) is 0 Å². The first-order chi connectivity index (χ1) is 13.0. The van der Waals surface area contributed by atoms with Crippen LogP contribution >= 0.6 is 0 Å². The predicted molar refractivity (Wildman–Crippen MR) is 104 cm³/mol. The number of benzene rings is 2. The third-order valence-corrected chi connectivity index (χ3v) is 3.96. The fraction of sp³-hybridized carbons (Fsp3) is 0.238. The fourth-order valence-electron chi connectivity index (χ4n) is 2.73. The van der Waals surface area contributed by atoms with Gasteiger partial charge >= 0.3 is 0 Å². The van der Waals surface area contributed by atoms with Crippen LogP contribution in [0.15, 0.2) is 60.7 Å². The molecule has 0 spiro atoms. The van der Waals surface area contributed by atoms with Gasteiger partial charge in [0.05, 0.1) is 18.7 Å². The molecule has 0 fully saturated rings. The highest BCUT2D eigenvalue weighted by Crippen LogP contribution is 2.34. The molecular formula is C21H22N2O4. The highest BCUT2D eigenvalue weighted by molar-refractivity contribution is 5.99. The van der Waals surface area contributed by atoms with Crippen LogP contribution < -0.4 is 19.7 Å². The molecule has 140 valence electrons.